The van der Waals surface area contributed by atoms with Crippen LogP contribution in [0.1, 0.15) is 18.2 Å². The Hall–Kier alpha value is -0.910. The van der Waals surface area contributed by atoms with Crippen LogP contribution in [0.15, 0.2) is 12.3 Å². The van der Waals surface area contributed by atoms with Crippen LogP contribution < -0.4 is 5.32 Å². The molecule has 1 spiro atoms. The van der Waals surface area contributed by atoms with Gasteiger partial charge in [0.1, 0.15) is 5.60 Å². The van der Waals surface area contributed by atoms with Crippen molar-refractivity contribution in [2.24, 2.45) is 7.05 Å². The molecule has 1 aromatic rings. The molecule has 5 nitrogen and oxygen atoms in total. The molecule has 0 radical (unpaired) electrons. The van der Waals surface area contributed by atoms with Gasteiger partial charge in [-0.15, -0.1) is 0 Å². The largest absolute Gasteiger partial charge is 0.370 e. The van der Waals surface area contributed by atoms with E-state index in [9.17, 15) is 0 Å². The van der Waals surface area contributed by atoms with E-state index in [-0.39, 0.29) is 11.6 Å². The van der Waals surface area contributed by atoms with Crippen molar-refractivity contribution < 1.29 is 4.74 Å². The minimum Gasteiger partial charge on any atom is -0.370 e. The monoisotopic (exact) mass is 236 g/mol. The Morgan fingerprint density at radius 3 is 3.06 bits per heavy atom. The molecule has 3 rings (SSSR count). The molecule has 2 unspecified atom stereocenters. The summed E-state index contributed by atoms with van der Waals surface area (Å²) >= 11 is 0. The highest BCUT2D eigenvalue weighted by Gasteiger charge is 2.47. The summed E-state index contributed by atoms with van der Waals surface area (Å²) in [5.74, 6) is 0. The Balaban J connectivity index is 1.90. The predicted molar refractivity (Wildman–Crippen MR) is 64.7 cm³/mol. The molecule has 2 saturated heterocycles. The van der Waals surface area contributed by atoms with Gasteiger partial charge in [-0.1, -0.05) is 0 Å². The first-order valence-electron chi connectivity index (χ1n) is 6.25. The number of nitrogens with zero attached hydrogens (tertiary/aromatic N) is 3. The average Bonchev–Trinajstić information content (AvgIpc) is 2.88. The number of likely N-dealkylation sites (tertiary alicyclic amines) is 1. The van der Waals surface area contributed by atoms with Crippen LogP contribution >= 0.6 is 0 Å². The number of hydrogen-bond donors (Lipinski definition) is 1. The van der Waals surface area contributed by atoms with Crippen molar-refractivity contribution in [1.82, 2.24) is 20.0 Å². The molecule has 0 amide bonds. The highest BCUT2D eigenvalue weighted by molar-refractivity contribution is 5.16. The van der Waals surface area contributed by atoms with Gasteiger partial charge in [-0.3, -0.25) is 4.68 Å². The molecule has 0 aliphatic carbocycles. The molecule has 1 aromatic heterocycles. The molecular formula is C12H20N4O. The van der Waals surface area contributed by atoms with E-state index in [2.05, 4.69) is 28.4 Å². The minimum atomic E-state index is -0.0820. The maximum absolute atomic E-state index is 6.12. The Labute approximate surface area is 102 Å². The summed E-state index contributed by atoms with van der Waals surface area (Å²) in [5.41, 5.74) is 1.02. The van der Waals surface area contributed by atoms with Crippen molar-refractivity contribution in [2.75, 3.05) is 33.3 Å². The van der Waals surface area contributed by atoms with Gasteiger partial charge in [-0.2, -0.15) is 5.10 Å². The highest BCUT2D eigenvalue weighted by Crippen LogP contribution is 2.38. The standard InChI is InChI=1S/C12H20N4O/c1-15-7-4-12(9-15)11(13-5-8-17-12)10-3-6-16(2)14-10/h3,6,11,13H,4-5,7-9H2,1-2H3. The van der Waals surface area contributed by atoms with Gasteiger partial charge < -0.3 is 15.0 Å². The lowest BCUT2D eigenvalue weighted by atomic mass is 9.89. The lowest BCUT2D eigenvalue weighted by Crippen LogP contribution is -2.53. The second kappa shape index (κ2) is 4.08. The summed E-state index contributed by atoms with van der Waals surface area (Å²) < 4.78 is 7.98. The van der Waals surface area contributed by atoms with Crippen LogP contribution in [0.3, 0.4) is 0 Å². The van der Waals surface area contributed by atoms with E-state index in [4.69, 9.17) is 4.74 Å². The molecule has 0 aromatic carbocycles. The lowest BCUT2D eigenvalue weighted by molar-refractivity contribution is -0.0900. The topological polar surface area (TPSA) is 42.3 Å². The van der Waals surface area contributed by atoms with E-state index >= 15 is 0 Å². The van der Waals surface area contributed by atoms with Gasteiger partial charge in [0.25, 0.3) is 0 Å². The van der Waals surface area contributed by atoms with Crippen LogP contribution in [-0.4, -0.2) is 53.6 Å². The summed E-state index contributed by atoms with van der Waals surface area (Å²) in [6.07, 6.45) is 3.08. The smallest absolute Gasteiger partial charge is 0.103 e. The zero-order chi connectivity index (χ0) is 11.9. The van der Waals surface area contributed by atoms with Crippen molar-refractivity contribution in [1.29, 1.82) is 0 Å². The van der Waals surface area contributed by atoms with E-state index in [0.29, 0.717) is 0 Å². The third-order valence-corrected chi connectivity index (χ3v) is 3.85. The molecular weight excluding hydrogens is 216 g/mol. The Morgan fingerprint density at radius 2 is 2.41 bits per heavy atom. The van der Waals surface area contributed by atoms with Gasteiger partial charge >= 0.3 is 0 Å². The Morgan fingerprint density at radius 1 is 1.53 bits per heavy atom. The van der Waals surface area contributed by atoms with Gasteiger partial charge in [0.2, 0.25) is 0 Å². The molecule has 2 aliphatic rings. The first-order chi connectivity index (χ1) is 8.20. The fraction of sp³-hybridized carbons (Fsp3) is 0.750. The van der Waals surface area contributed by atoms with E-state index < -0.39 is 0 Å². The molecule has 2 fully saturated rings. The summed E-state index contributed by atoms with van der Waals surface area (Å²) in [6, 6.07) is 2.31. The molecule has 2 atom stereocenters. The Bertz CT molecular complexity index is 401. The number of aromatic nitrogens is 2. The van der Waals surface area contributed by atoms with Crippen molar-refractivity contribution >= 4 is 0 Å². The van der Waals surface area contributed by atoms with Crippen molar-refractivity contribution in [2.45, 2.75) is 18.1 Å². The van der Waals surface area contributed by atoms with E-state index in [1.165, 1.54) is 0 Å². The summed E-state index contributed by atoms with van der Waals surface area (Å²) in [5, 5.41) is 8.11. The van der Waals surface area contributed by atoms with E-state index in [1.807, 2.05) is 17.9 Å². The number of aryl methyl sites for hydroxylation is 1. The van der Waals surface area contributed by atoms with Crippen molar-refractivity contribution in [3.63, 3.8) is 0 Å². The van der Waals surface area contributed by atoms with Crippen molar-refractivity contribution in [3.8, 4) is 0 Å². The predicted octanol–water partition coefficient (Wildman–Crippen LogP) is 0.155. The van der Waals surface area contributed by atoms with Gasteiger partial charge in [0, 0.05) is 32.9 Å². The molecule has 2 aliphatic heterocycles. The fourth-order valence-electron chi connectivity index (χ4n) is 3.04. The van der Waals surface area contributed by atoms with Gasteiger partial charge in [0.05, 0.1) is 18.3 Å². The summed E-state index contributed by atoms with van der Waals surface area (Å²) in [6.45, 7) is 3.80. The highest BCUT2D eigenvalue weighted by atomic mass is 16.5. The van der Waals surface area contributed by atoms with E-state index in [1.54, 1.807) is 0 Å². The SMILES string of the molecule is CN1CCC2(C1)OCCNC2c1ccn(C)n1. The molecule has 5 heteroatoms. The number of rotatable bonds is 1. The number of nitrogens with one attached hydrogen (secondary N) is 1. The van der Waals surface area contributed by atoms with E-state index in [0.717, 1.165) is 38.4 Å². The summed E-state index contributed by atoms with van der Waals surface area (Å²) in [4.78, 5) is 2.34. The van der Waals surface area contributed by atoms with Crippen LogP contribution in [-0.2, 0) is 11.8 Å². The number of hydrogen-bond acceptors (Lipinski definition) is 4. The maximum Gasteiger partial charge on any atom is 0.103 e. The number of morpholine rings is 1. The van der Waals surface area contributed by atoms with Crippen LogP contribution in [0.2, 0.25) is 0 Å². The zero-order valence-corrected chi connectivity index (χ0v) is 10.5. The normalized spacial score (nSPS) is 34.6. The average molecular weight is 236 g/mol. The zero-order valence-electron chi connectivity index (χ0n) is 10.5. The Kier molecular flexibility index (Phi) is 2.69. The first kappa shape index (κ1) is 11.2. The maximum atomic E-state index is 6.12. The quantitative estimate of drug-likeness (QED) is 0.754. The molecule has 0 bridgehead atoms. The third-order valence-electron chi connectivity index (χ3n) is 3.85. The van der Waals surface area contributed by atoms with Gasteiger partial charge in [0.15, 0.2) is 0 Å². The fourth-order valence-corrected chi connectivity index (χ4v) is 3.04. The van der Waals surface area contributed by atoms with Crippen LogP contribution in [0.25, 0.3) is 0 Å². The first-order valence-corrected chi connectivity index (χ1v) is 6.25. The second-order valence-corrected chi connectivity index (χ2v) is 5.20. The van der Waals surface area contributed by atoms with Crippen LogP contribution in [0, 0.1) is 0 Å². The van der Waals surface area contributed by atoms with Crippen molar-refractivity contribution in [3.05, 3.63) is 18.0 Å². The van der Waals surface area contributed by atoms with Gasteiger partial charge in [-0.25, -0.2) is 0 Å². The molecule has 3 heterocycles. The molecule has 17 heavy (non-hydrogen) atoms. The second-order valence-electron chi connectivity index (χ2n) is 5.20. The lowest BCUT2D eigenvalue weighted by Gasteiger charge is -2.41. The molecule has 1 N–H and O–H groups in total. The van der Waals surface area contributed by atoms with Crippen LogP contribution in [0.4, 0.5) is 0 Å². The summed E-state index contributed by atoms with van der Waals surface area (Å²) in [7, 11) is 4.11. The number of likely N-dealkylation sites (N-methyl/N-ethyl adjacent to an activating group) is 1. The molecule has 94 valence electrons. The number of ether oxygens (including phenoxy) is 1. The molecule has 0 saturated carbocycles. The van der Waals surface area contributed by atoms with Crippen LogP contribution in [0.5, 0.6) is 0 Å². The van der Waals surface area contributed by atoms with Gasteiger partial charge in [-0.05, 0) is 19.5 Å². The third kappa shape index (κ3) is 1.88. The minimum absolute atomic E-state index is 0.0820.